The molecule has 0 unspecified atom stereocenters. The minimum atomic E-state index is -0.132. The van der Waals surface area contributed by atoms with Gasteiger partial charge in [-0.3, -0.25) is 9.78 Å². The van der Waals surface area contributed by atoms with Gasteiger partial charge in [-0.25, -0.2) is 0 Å². The van der Waals surface area contributed by atoms with Gasteiger partial charge in [0.05, 0.1) is 5.39 Å². The first-order valence-electron chi connectivity index (χ1n) is 5.57. The topological polar surface area (TPSA) is 71.8 Å². The van der Waals surface area contributed by atoms with Crippen LogP contribution in [0.1, 0.15) is 0 Å². The summed E-state index contributed by atoms with van der Waals surface area (Å²) in [7, 11) is 0. The number of fused-ring (bicyclic) bond motifs is 1. The van der Waals surface area contributed by atoms with Crippen LogP contribution >= 0.6 is 0 Å². The molecule has 1 aromatic carbocycles. The first-order chi connectivity index (χ1) is 8.74. The molecular formula is C14H11N3O. The molecule has 0 radical (unpaired) electrons. The molecule has 0 spiro atoms. The molecule has 0 saturated heterocycles. The summed E-state index contributed by atoms with van der Waals surface area (Å²) in [5.41, 5.74) is 7.92. The van der Waals surface area contributed by atoms with Crippen molar-refractivity contribution >= 4 is 16.5 Å². The molecule has 3 aromatic rings. The lowest BCUT2D eigenvalue weighted by Gasteiger charge is -2.04. The van der Waals surface area contributed by atoms with E-state index in [0.717, 1.165) is 16.6 Å². The third kappa shape index (κ3) is 1.73. The van der Waals surface area contributed by atoms with Crippen molar-refractivity contribution in [3.63, 3.8) is 0 Å². The van der Waals surface area contributed by atoms with Crippen LogP contribution in [-0.4, -0.2) is 9.97 Å². The van der Waals surface area contributed by atoms with Crippen molar-refractivity contribution in [2.75, 3.05) is 5.73 Å². The molecule has 2 heterocycles. The fourth-order valence-electron chi connectivity index (χ4n) is 1.92. The molecular weight excluding hydrogens is 226 g/mol. The van der Waals surface area contributed by atoms with Crippen LogP contribution in [0, 0.1) is 0 Å². The molecule has 88 valence electrons. The summed E-state index contributed by atoms with van der Waals surface area (Å²) in [6.07, 6.45) is 3.25. The van der Waals surface area contributed by atoms with Crippen LogP contribution in [-0.2, 0) is 0 Å². The second kappa shape index (κ2) is 4.00. The summed E-state index contributed by atoms with van der Waals surface area (Å²) < 4.78 is 0. The lowest BCUT2D eigenvalue weighted by Crippen LogP contribution is -2.07. The van der Waals surface area contributed by atoms with Gasteiger partial charge in [-0.05, 0) is 35.2 Å². The Balaban J connectivity index is 2.24. The molecule has 0 saturated carbocycles. The van der Waals surface area contributed by atoms with E-state index < -0.39 is 0 Å². The highest BCUT2D eigenvalue weighted by molar-refractivity contribution is 5.84. The van der Waals surface area contributed by atoms with E-state index in [2.05, 4.69) is 9.97 Å². The smallest absolute Gasteiger partial charge is 0.257 e. The Morgan fingerprint density at radius 1 is 1.11 bits per heavy atom. The number of anilines is 1. The first-order valence-corrected chi connectivity index (χ1v) is 5.57. The Morgan fingerprint density at radius 3 is 2.67 bits per heavy atom. The van der Waals surface area contributed by atoms with E-state index in [-0.39, 0.29) is 5.56 Å². The molecule has 0 aliphatic heterocycles. The van der Waals surface area contributed by atoms with E-state index in [1.807, 2.05) is 36.4 Å². The maximum atomic E-state index is 11.9. The molecule has 0 atom stereocenters. The van der Waals surface area contributed by atoms with Gasteiger partial charge in [-0.2, -0.15) is 0 Å². The van der Waals surface area contributed by atoms with Gasteiger partial charge in [0.15, 0.2) is 0 Å². The van der Waals surface area contributed by atoms with E-state index in [4.69, 9.17) is 5.73 Å². The third-order valence-electron chi connectivity index (χ3n) is 2.87. The van der Waals surface area contributed by atoms with Crippen LogP contribution in [0.15, 0.2) is 53.6 Å². The standard InChI is InChI=1S/C14H11N3O/c15-11-3-1-9(2-4-11)13-7-10-5-6-16-8-12(10)14(18)17-13/h1-8H,15H2,(H,17,18). The number of nitrogens with two attached hydrogens (primary N) is 1. The fraction of sp³-hybridized carbons (Fsp3) is 0. The zero-order chi connectivity index (χ0) is 12.5. The number of nitrogen functional groups attached to an aromatic ring is 1. The van der Waals surface area contributed by atoms with Crippen molar-refractivity contribution in [2.24, 2.45) is 0 Å². The van der Waals surface area contributed by atoms with Crippen molar-refractivity contribution in [1.82, 2.24) is 9.97 Å². The Kier molecular flexibility index (Phi) is 2.34. The van der Waals surface area contributed by atoms with E-state index >= 15 is 0 Å². The number of nitrogens with zero attached hydrogens (tertiary/aromatic N) is 1. The fourth-order valence-corrected chi connectivity index (χ4v) is 1.92. The van der Waals surface area contributed by atoms with Crippen LogP contribution in [0.3, 0.4) is 0 Å². The van der Waals surface area contributed by atoms with Gasteiger partial charge in [-0.15, -0.1) is 0 Å². The monoisotopic (exact) mass is 237 g/mol. The maximum Gasteiger partial charge on any atom is 0.257 e. The average Bonchev–Trinajstić information content (AvgIpc) is 2.39. The summed E-state index contributed by atoms with van der Waals surface area (Å²) in [6.45, 7) is 0. The Bertz CT molecular complexity index is 760. The van der Waals surface area contributed by atoms with Crippen molar-refractivity contribution in [3.05, 3.63) is 59.1 Å². The number of aromatic nitrogens is 2. The summed E-state index contributed by atoms with van der Waals surface area (Å²) >= 11 is 0. The number of rotatable bonds is 1. The number of hydrogen-bond donors (Lipinski definition) is 2. The van der Waals surface area contributed by atoms with Crippen LogP contribution in [0.2, 0.25) is 0 Å². The van der Waals surface area contributed by atoms with Crippen LogP contribution in [0.4, 0.5) is 5.69 Å². The van der Waals surface area contributed by atoms with Crippen molar-refractivity contribution in [2.45, 2.75) is 0 Å². The molecule has 0 bridgehead atoms. The number of aromatic amines is 1. The molecule has 0 fully saturated rings. The normalized spacial score (nSPS) is 10.7. The van der Waals surface area contributed by atoms with Crippen LogP contribution < -0.4 is 11.3 Å². The molecule has 0 aliphatic rings. The third-order valence-corrected chi connectivity index (χ3v) is 2.87. The molecule has 2 aromatic heterocycles. The van der Waals surface area contributed by atoms with Gasteiger partial charge < -0.3 is 10.7 Å². The SMILES string of the molecule is Nc1ccc(-c2cc3ccncc3c(=O)[nH]2)cc1. The van der Waals surface area contributed by atoms with E-state index in [1.54, 1.807) is 12.4 Å². The van der Waals surface area contributed by atoms with Gasteiger partial charge >= 0.3 is 0 Å². The molecule has 0 amide bonds. The predicted octanol–water partition coefficient (Wildman–Crippen LogP) is 2.17. The van der Waals surface area contributed by atoms with E-state index in [1.165, 1.54) is 0 Å². The number of pyridine rings is 2. The Hall–Kier alpha value is -2.62. The van der Waals surface area contributed by atoms with Crippen molar-refractivity contribution in [3.8, 4) is 11.3 Å². The van der Waals surface area contributed by atoms with E-state index in [0.29, 0.717) is 11.1 Å². The summed E-state index contributed by atoms with van der Waals surface area (Å²) in [5.74, 6) is 0. The largest absolute Gasteiger partial charge is 0.399 e. The van der Waals surface area contributed by atoms with E-state index in [9.17, 15) is 4.79 Å². The highest BCUT2D eigenvalue weighted by Gasteiger charge is 2.03. The predicted molar refractivity (Wildman–Crippen MR) is 72.2 cm³/mol. The van der Waals surface area contributed by atoms with Gasteiger partial charge in [-0.1, -0.05) is 12.1 Å². The molecule has 4 nitrogen and oxygen atoms in total. The van der Waals surface area contributed by atoms with Gasteiger partial charge in [0.1, 0.15) is 0 Å². The average molecular weight is 237 g/mol. The Morgan fingerprint density at radius 2 is 1.89 bits per heavy atom. The summed E-state index contributed by atoms with van der Waals surface area (Å²) in [5, 5.41) is 1.47. The quantitative estimate of drug-likeness (QED) is 0.637. The zero-order valence-electron chi connectivity index (χ0n) is 9.55. The van der Waals surface area contributed by atoms with Gasteiger partial charge in [0, 0.05) is 23.8 Å². The van der Waals surface area contributed by atoms with Gasteiger partial charge in [0.2, 0.25) is 0 Å². The molecule has 3 N–H and O–H groups in total. The number of nitrogens with one attached hydrogen (secondary N) is 1. The molecule has 3 rings (SSSR count). The number of H-pyrrole nitrogens is 1. The number of benzene rings is 1. The lowest BCUT2D eigenvalue weighted by atomic mass is 10.1. The zero-order valence-corrected chi connectivity index (χ0v) is 9.55. The Labute approximate surface area is 103 Å². The minimum absolute atomic E-state index is 0.132. The van der Waals surface area contributed by atoms with Crippen molar-refractivity contribution < 1.29 is 0 Å². The minimum Gasteiger partial charge on any atom is -0.399 e. The van der Waals surface area contributed by atoms with Crippen molar-refractivity contribution in [1.29, 1.82) is 0 Å². The number of hydrogen-bond acceptors (Lipinski definition) is 3. The molecule has 0 aliphatic carbocycles. The highest BCUT2D eigenvalue weighted by atomic mass is 16.1. The lowest BCUT2D eigenvalue weighted by molar-refractivity contribution is 1.26. The van der Waals surface area contributed by atoms with Crippen LogP contribution in [0.5, 0.6) is 0 Å². The molecule has 18 heavy (non-hydrogen) atoms. The first kappa shape index (κ1) is 10.5. The highest BCUT2D eigenvalue weighted by Crippen LogP contribution is 2.20. The summed E-state index contributed by atoms with van der Waals surface area (Å²) in [6, 6.07) is 11.1. The van der Waals surface area contributed by atoms with Crippen LogP contribution in [0.25, 0.3) is 22.0 Å². The van der Waals surface area contributed by atoms with Gasteiger partial charge in [0.25, 0.3) is 5.56 Å². The maximum absolute atomic E-state index is 11.9. The second-order valence-corrected chi connectivity index (χ2v) is 4.10. The second-order valence-electron chi connectivity index (χ2n) is 4.10. The summed E-state index contributed by atoms with van der Waals surface area (Å²) in [4.78, 5) is 18.7. The molecule has 4 heteroatoms.